The molecule has 0 spiro atoms. The third-order valence-corrected chi connectivity index (χ3v) is 4.14. The fraction of sp³-hybridized carbons (Fsp3) is 0.467. The number of rotatable bonds is 5. The number of halogens is 1. The second kappa shape index (κ2) is 6.91. The first-order valence-corrected chi connectivity index (χ1v) is 7.67. The highest BCUT2D eigenvalue weighted by Crippen LogP contribution is 2.23. The number of carbonyl (C=O) groups excluding carboxylic acids is 1. The molecule has 9 heteroatoms. The molecule has 2 atom stereocenters. The van der Waals surface area contributed by atoms with Gasteiger partial charge in [0, 0.05) is 43.6 Å². The van der Waals surface area contributed by atoms with Crippen LogP contribution in [-0.2, 0) is 6.54 Å². The molecule has 1 aliphatic heterocycles. The van der Waals surface area contributed by atoms with E-state index in [-0.39, 0.29) is 17.6 Å². The van der Waals surface area contributed by atoms with Gasteiger partial charge in [0.25, 0.3) is 5.91 Å². The molecule has 1 fully saturated rings. The van der Waals surface area contributed by atoms with Crippen LogP contribution in [-0.4, -0.2) is 51.2 Å². The zero-order chi connectivity index (χ0) is 17.1. The van der Waals surface area contributed by atoms with Crippen molar-refractivity contribution < 1.29 is 13.7 Å². The number of aryl methyl sites for hydroxylation is 1. The molecule has 3 rings (SSSR count). The van der Waals surface area contributed by atoms with E-state index in [1.165, 1.54) is 12.4 Å². The summed E-state index contributed by atoms with van der Waals surface area (Å²) in [5.41, 5.74) is 6.63. The summed E-state index contributed by atoms with van der Waals surface area (Å²) in [7, 11) is 0. The van der Waals surface area contributed by atoms with Gasteiger partial charge in [-0.15, -0.1) is 0 Å². The van der Waals surface area contributed by atoms with Gasteiger partial charge in [0.1, 0.15) is 11.9 Å². The topological polar surface area (TPSA) is 110 Å². The summed E-state index contributed by atoms with van der Waals surface area (Å²) >= 11 is 0. The van der Waals surface area contributed by atoms with Crippen LogP contribution in [0.15, 0.2) is 23.1 Å². The zero-order valence-corrected chi connectivity index (χ0v) is 13.3. The van der Waals surface area contributed by atoms with E-state index in [0.29, 0.717) is 31.8 Å². The van der Waals surface area contributed by atoms with Gasteiger partial charge in [-0.3, -0.25) is 9.69 Å². The van der Waals surface area contributed by atoms with Crippen molar-refractivity contribution in [3.05, 3.63) is 35.6 Å². The highest BCUT2D eigenvalue weighted by Gasteiger charge is 2.33. The first-order valence-electron chi connectivity index (χ1n) is 7.67. The van der Waals surface area contributed by atoms with Crippen molar-refractivity contribution in [1.82, 2.24) is 25.3 Å². The summed E-state index contributed by atoms with van der Waals surface area (Å²) in [6.07, 6.45) is 3.89. The fourth-order valence-electron chi connectivity index (χ4n) is 2.84. The van der Waals surface area contributed by atoms with Gasteiger partial charge in [0.2, 0.25) is 0 Å². The molecule has 0 bridgehead atoms. The second-order valence-electron chi connectivity index (χ2n) is 5.82. The van der Waals surface area contributed by atoms with Gasteiger partial charge in [-0.05, 0) is 13.3 Å². The number of nitrogen functional groups attached to an aromatic ring is 1. The molecule has 3 heterocycles. The Morgan fingerprint density at radius 2 is 2.29 bits per heavy atom. The average Bonchev–Trinajstić information content (AvgIpc) is 3.11. The molecule has 2 aromatic heterocycles. The van der Waals surface area contributed by atoms with Crippen molar-refractivity contribution in [2.75, 3.05) is 18.8 Å². The number of alkyl halides is 1. The van der Waals surface area contributed by atoms with Gasteiger partial charge in [-0.2, -0.15) is 0 Å². The van der Waals surface area contributed by atoms with Crippen molar-refractivity contribution in [3.8, 4) is 0 Å². The van der Waals surface area contributed by atoms with Crippen LogP contribution >= 0.6 is 0 Å². The molecule has 0 unspecified atom stereocenters. The number of hydrogen-bond acceptors (Lipinski definition) is 7. The minimum atomic E-state index is -0.923. The van der Waals surface area contributed by atoms with Crippen molar-refractivity contribution in [3.63, 3.8) is 0 Å². The predicted molar refractivity (Wildman–Crippen MR) is 83.7 cm³/mol. The Morgan fingerprint density at radius 1 is 1.50 bits per heavy atom. The third-order valence-electron chi connectivity index (χ3n) is 4.14. The van der Waals surface area contributed by atoms with Crippen molar-refractivity contribution in [2.24, 2.45) is 0 Å². The molecule has 2 aromatic rings. The third kappa shape index (κ3) is 3.51. The Bertz CT molecular complexity index is 721. The van der Waals surface area contributed by atoms with Gasteiger partial charge in [0.15, 0.2) is 11.5 Å². The Hall–Kier alpha value is -2.55. The molecule has 1 aliphatic rings. The largest absolute Gasteiger partial charge is 0.382 e. The van der Waals surface area contributed by atoms with Crippen LogP contribution in [0.4, 0.5) is 10.2 Å². The molecule has 3 N–H and O–H groups in total. The number of carbonyl (C=O) groups is 1. The average molecular weight is 334 g/mol. The number of likely N-dealkylation sites (tertiary alicyclic amines) is 1. The number of nitrogens with two attached hydrogens (primary N) is 1. The maximum absolute atomic E-state index is 13.8. The first kappa shape index (κ1) is 16.3. The van der Waals surface area contributed by atoms with E-state index >= 15 is 0 Å². The Morgan fingerprint density at radius 3 is 3.00 bits per heavy atom. The van der Waals surface area contributed by atoms with Crippen LogP contribution in [0.1, 0.15) is 28.2 Å². The summed E-state index contributed by atoms with van der Waals surface area (Å²) in [5.74, 6) is 0.373. The standard InChI is InChI=1S/C15H19FN6O2/c1-9-10(5-21-24-9)7-22-8-11(16)4-12(22)6-20-15(23)13-14(17)19-3-2-18-13/h2-3,5,11-12H,4,6-8H2,1H3,(H2,17,19)(H,20,23)/t11-,12-/m0/s1. The van der Waals surface area contributed by atoms with Crippen LogP contribution in [0.25, 0.3) is 0 Å². The molecule has 0 aromatic carbocycles. The van der Waals surface area contributed by atoms with Crippen LogP contribution in [0.2, 0.25) is 0 Å². The normalized spacial score (nSPS) is 21.1. The van der Waals surface area contributed by atoms with Crippen LogP contribution < -0.4 is 11.1 Å². The van der Waals surface area contributed by atoms with E-state index in [1.807, 2.05) is 11.8 Å². The van der Waals surface area contributed by atoms with Crippen molar-refractivity contribution in [2.45, 2.75) is 32.1 Å². The lowest BCUT2D eigenvalue weighted by molar-refractivity contribution is 0.0935. The zero-order valence-electron chi connectivity index (χ0n) is 13.3. The number of aromatic nitrogens is 3. The molecule has 1 amide bonds. The molecule has 0 radical (unpaired) electrons. The molecule has 0 saturated carbocycles. The minimum Gasteiger partial charge on any atom is -0.382 e. The number of hydrogen-bond donors (Lipinski definition) is 2. The quantitative estimate of drug-likeness (QED) is 0.828. The van der Waals surface area contributed by atoms with Gasteiger partial charge >= 0.3 is 0 Å². The smallest absolute Gasteiger partial charge is 0.273 e. The Kier molecular flexibility index (Phi) is 4.70. The van der Waals surface area contributed by atoms with Crippen molar-refractivity contribution >= 4 is 11.7 Å². The first-order chi connectivity index (χ1) is 11.5. The van der Waals surface area contributed by atoms with Gasteiger partial charge in [0.05, 0.1) is 6.20 Å². The van der Waals surface area contributed by atoms with Gasteiger partial charge < -0.3 is 15.6 Å². The molecular formula is C15H19FN6O2. The number of anilines is 1. The summed E-state index contributed by atoms with van der Waals surface area (Å²) in [6.45, 7) is 2.97. The number of amides is 1. The van der Waals surface area contributed by atoms with E-state index in [2.05, 4.69) is 20.4 Å². The van der Waals surface area contributed by atoms with Crippen LogP contribution in [0, 0.1) is 6.92 Å². The van der Waals surface area contributed by atoms with E-state index in [1.54, 1.807) is 6.20 Å². The van der Waals surface area contributed by atoms with E-state index in [9.17, 15) is 9.18 Å². The molecule has 24 heavy (non-hydrogen) atoms. The fourth-order valence-corrected chi connectivity index (χ4v) is 2.84. The SMILES string of the molecule is Cc1oncc1CN1C[C@@H](F)C[C@H]1CNC(=O)c1nccnc1N. The summed E-state index contributed by atoms with van der Waals surface area (Å²) in [5, 5.41) is 6.49. The summed E-state index contributed by atoms with van der Waals surface area (Å²) in [4.78, 5) is 21.9. The molecule has 128 valence electrons. The lowest BCUT2D eigenvalue weighted by Gasteiger charge is -2.23. The van der Waals surface area contributed by atoms with Crippen LogP contribution in [0.3, 0.4) is 0 Å². The number of nitrogens with zero attached hydrogens (tertiary/aromatic N) is 4. The summed E-state index contributed by atoms with van der Waals surface area (Å²) < 4.78 is 18.9. The lowest BCUT2D eigenvalue weighted by atomic mass is 10.2. The highest BCUT2D eigenvalue weighted by atomic mass is 19.1. The maximum atomic E-state index is 13.8. The minimum absolute atomic E-state index is 0.0711. The van der Waals surface area contributed by atoms with E-state index in [4.69, 9.17) is 10.3 Å². The Labute approximate surface area is 138 Å². The highest BCUT2D eigenvalue weighted by molar-refractivity contribution is 5.96. The van der Waals surface area contributed by atoms with Gasteiger partial charge in [-0.25, -0.2) is 14.4 Å². The molecule has 0 aliphatic carbocycles. The lowest BCUT2D eigenvalue weighted by Crippen LogP contribution is -2.40. The molecule has 8 nitrogen and oxygen atoms in total. The van der Waals surface area contributed by atoms with E-state index < -0.39 is 12.1 Å². The monoisotopic (exact) mass is 334 g/mol. The molecular weight excluding hydrogens is 315 g/mol. The second-order valence-corrected chi connectivity index (χ2v) is 5.82. The van der Waals surface area contributed by atoms with Crippen molar-refractivity contribution in [1.29, 1.82) is 0 Å². The molecule has 1 saturated heterocycles. The van der Waals surface area contributed by atoms with E-state index in [0.717, 1.165) is 5.56 Å². The van der Waals surface area contributed by atoms with Crippen LogP contribution in [0.5, 0.6) is 0 Å². The Balaban J connectivity index is 1.61. The van der Waals surface area contributed by atoms with Gasteiger partial charge in [-0.1, -0.05) is 5.16 Å². The summed E-state index contributed by atoms with van der Waals surface area (Å²) in [6, 6.07) is -0.115. The maximum Gasteiger partial charge on any atom is 0.273 e. The number of nitrogens with one attached hydrogen (secondary N) is 1. The predicted octanol–water partition coefficient (Wildman–Crippen LogP) is 0.698.